The SMILES string of the molecule is CCCSc1nnc(NC(=O)CN(c2ccc(Cl)cc2)S(C)(=O)=O)s1. The maximum Gasteiger partial charge on any atom is 0.246 e. The molecule has 0 aliphatic rings. The van der Waals surface area contributed by atoms with Gasteiger partial charge in [-0.1, -0.05) is 41.6 Å². The maximum absolute atomic E-state index is 12.2. The smallest absolute Gasteiger partial charge is 0.246 e. The highest BCUT2D eigenvalue weighted by Gasteiger charge is 2.21. The molecule has 1 aromatic heterocycles. The molecule has 1 heterocycles. The lowest BCUT2D eigenvalue weighted by Gasteiger charge is -2.21. The topological polar surface area (TPSA) is 92.3 Å². The summed E-state index contributed by atoms with van der Waals surface area (Å²) >= 11 is 8.64. The van der Waals surface area contributed by atoms with Gasteiger partial charge in [0, 0.05) is 10.8 Å². The van der Waals surface area contributed by atoms with Crippen molar-refractivity contribution in [3.05, 3.63) is 29.3 Å². The van der Waals surface area contributed by atoms with Crippen LogP contribution in [-0.4, -0.2) is 43.1 Å². The van der Waals surface area contributed by atoms with Crippen LogP contribution >= 0.6 is 34.7 Å². The molecule has 1 amide bonds. The first-order valence-corrected chi connectivity index (χ1v) is 11.3. The summed E-state index contributed by atoms with van der Waals surface area (Å²) in [5.41, 5.74) is 0.360. The third-order valence-corrected chi connectivity index (χ3v) is 6.46. The number of thioether (sulfide) groups is 1. The second-order valence-electron chi connectivity index (χ2n) is 5.02. The van der Waals surface area contributed by atoms with Gasteiger partial charge in [-0.25, -0.2) is 8.42 Å². The highest BCUT2D eigenvalue weighted by atomic mass is 35.5. The van der Waals surface area contributed by atoms with Crippen molar-refractivity contribution in [3.8, 4) is 0 Å². The van der Waals surface area contributed by atoms with E-state index in [9.17, 15) is 13.2 Å². The van der Waals surface area contributed by atoms with Gasteiger partial charge in [-0.15, -0.1) is 10.2 Å². The zero-order valence-electron chi connectivity index (χ0n) is 13.6. The van der Waals surface area contributed by atoms with Gasteiger partial charge in [0.05, 0.1) is 11.9 Å². The molecule has 0 saturated heterocycles. The van der Waals surface area contributed by atoms with Crippen LogP contribution in [0, 0.1) is 0 Å². The second kappa shape index (κ2) is 8.84. The van der Waals surface area contributed by atoms with Crippen LogP contribution in [0.4, 0.5) is 10.8 Å². The molecule has 7 nitrogen and oxygen atoms in total. The predicted octanol–water partition coefficient (Wildman–Crippen LogP) is 3.10. The van der Waals surface area contributed by atoms with E-state index in [1.807, 2.05) is 0 Å². The molecule has 136 valence electrons. The Morgan fingerprint density at radius 2 is 2.00 bits per heavy atom. The lowest BCUT2D eigenvalue weighted by atomic mass is 10.3. The van der Waals surface area contributed by atoms with Gasteiger partial charge < -0.3 is 0 Å². The molecule has 0 spiro atoms. The molecule has 1 aromatic carbocycles. The maximum atomic E-state index is 12.2. The lowest BCUT2D eigenvalue weighted by molar-refractivity contribution is -0.114. The van der Waals surface area contributed by atoms with E-state index >= 15 is 0 Å². The lowest BCUT2D eigenvalue weighted by Crippen LogP contribution is -2.37. The van der Waals surface area contributed by atoms with Crippen molar-refractivity contribution in [2.24, 2.45) is 0 Å². The van der Waals surface area contributed by atoms with Crippen molar-refractivity contribution in [3.63, 3.8) is 0 Å². The zero-order chi connectivity index (χ0) is 18.4. The van der Waals surface area contributed by atoms with E-state index in [-0.39, 0.29) is 6.54 Å². The number of rotatable bonds is 8. The van der Waals surface area contributed by atoms with Gasteiger partial charge in [0.25, 0.3) is 0 Å². The fourth-order valence-electron chi connectivity index (χ4n) is 1.80. The van der Waals surface area contributed by atoms with Crippen molar-refractivity contribution >= 4 is 61.4 Å². The molecule has 25 heavy (non-hydrogen) atoms. The van der Waals surface area contributed by atoms with Crippen LogP contribution in [0.15, 0.2) is 28.6 Å². The summed E-state index contributed by atoms with van der Waals surface area (Å²) in [5.74, 6) is 0.421. The molecular formula is C14H17ClN4O3S3. The molecule has 0 atom stereocenters. The van der Waals surface area contributed by atoms with Crippen LogP contribution in [0.1, 0.15) is 13.3 Å². The van der Waals surface area contributed by atoms with E-state index in [0.717, 1.165) is 27.1 Å². The quantitative estimate of drug-likeness (QED) is 0.521. The summed E-state index contributed by atoms with van der Waals surface area (Å²) in [4.78, 5) is 12.2. The van der Waals surface area contributed by atoms with Crippen LogP contribution < -0.4 is 9.62 Å². The predicted molar refractivity (Wildman–Crippen MR) is 103 cm³/mol. The number of halogens is 1. The Labute approximate surface area is 159 Å². The number of nitrogens with one attached hydrogen (secondary N) is 1. The molecule has 0 aliphatic carbocycles. The van der Waals surface area contributed by atoms with Crippen molar-refractivity contribution in [1.82, 2.24) is 10.2 Å². The van der Waals surface area contributed by atoms with E-state index in [1.165, 1.54) is 11.3 Å². The third-order valence-electron chi connectivity index (χ3n) is 2.88. The highest BCUT2D eigenvalue weighted by molar-refractivity contribution is 8.01. The Bertz CT molecular complexity index is 824. The molecule has 0 aliphatic heterocycles. The average Bonchev–Trinajstić information content (AvgIpc) is 2.98. The monoisotopic (exact) mass is 420 g/mol. The minimum Gasteiger partial charge on any atom is -0.299 e. The van der Waals surface area contributed by atoms with Gasteiger partial charge in [0.15, 0.2) is 4.34 Å². The molecule has 0 radical (unpaired) electrons. The van der Waals surface area contributed by atoms with E-state index in [2.05, 4.69) is 22.4 Å². The van der Waals surface area contributed by atoms with Crippen molar-refractivity contribution < 1.29 is 13.2 Å². The fourth-order valence-corrected chi connectivity index (χ4v) is 4.48. The van der Waals surface area contributed by atoms with Gasteiger partial charge in [-0.2, -0.15) is 0 Å². The number of benzene rings is 1. The number of carbonyl (C=O) groups excluding carboxylic acids is 1. The molecule has 2 aromatic rings. The van der Waals surface area contributed by atoms with Crippen molar-refractivity contribution in [1.29, 1.82) is 0 Å². The number of nitrogens with zero attached hydrogens (tertiary/aromatic N) is 3. The van der Waals surface area contributed by atoms with Crippen LogP contribution in [0.25, 0.3) is 0 Å². The second-order valence-corrected chi connectivity index (χ2v) is 9.68. The molecule has 2 rings (SSSR count). The standard InChI is InChI=1S/C14H17ClN4O3S3/c1-3-8-23-14-18-17-13(24-14)16-12(20)9-19(25(2,21)22)11-6-4-10(15)5-7-11/h4-7H,3,8-9H2,1-2H3,(H,16,17,20). The number of hydrogen-bond acceptors (Lipinski definition) is 7. The first-order chi connectivity index (χ1) is 11.8. The van der Waals surface area contributed by atoms with Crippen LogP contribution in [-0.2, 0) is 14.8 Å². The van der Waals surface area contributed by atoms with E-state index < -0.39 is 15.9 Å². The minimum absolute atomic E-state index is 0.341. The number of amides is 1. The third kappa shape index (κ3) is 6.14. The highest BCUT2D eigenvalue weighted by Crippen LogP contribution is 2.26. The van der Waals surface area contributed by atoms with Gasteiger partial charge in [-0.3, -0.25) is 14.4 Å². The molecule has 11 heteroatoms. The van der Waals surface area contributed by atoms with E-state index in [0.29, 0.717) is 15.8 Å². The van der Waals surface area contributed by atoms with E-state index in [1.54, 1.807) is 36.0 Å². The summed E-state index contributed by atoms with van der Waals surface area (Å²) in [6.07, 6.45) is 2.05. The van der Waals surface area contributed by atoms with Gasteiger partial charge in [0.2, 0.25) is 21.1 Å². The number of carbonyl (C=O) groups is 1. The molecule has 0 fully saturated rings. The van der Waals surface area contributed by atoms with Crippen LogP contribution in [0.2, 0.25) is 5.02 Å². The molecule has 0 unspecified atom stereocenters. The molecule has 0 bridgehead atoms. The molecule has 0 saturated carbocycles. The number of anilines is 2. The minimum atomic E-state index is -3.63. The fraction of sp³-hybridized carbons (Fsp3) is 0.357. The molecule has 1 N–H and O–H groups in total. The van der Waals surface area contributed by atoms with Gasteiger partial charge >= 0.3 is 0 Å². The summed E-state index contributed by atoms with van der Waals surface area (Å²) in [6, 6.07) is 6.21. The Hall–Kier alpha value is -1.36. The normalized spacial score (nSPS) is 11.3. The Kier molecular flexibility index (Phi) is 7.05. The summed E-state index contributed by atoms with van der Waals surface area (Å²) in [6.45, 7) is 1.70. The summed E-state index contributed by atoms with van der Waals surface area (Å²) < 4.78 is 25.8. The first kappa shape index (κ1) is 20.0. The Morgan fingerprint density at radius 1 is 1.32 bits per heavy atom. The van der Waals surface area contributed by atoms with Gasteiger partial charge in [-0.05, 0) is 30.7 Å². The summed E-state index contributed by atoms with van der Waals surface area (Å²) in [7, 11) is -3.63. The number of hydrogen-bond donors (Lipinski definition) is 1. The van der Waals surface area contributed by atoms with Crippen molar-refractivity contribution in [2.45, 2.75) is 17.7 Å². The first-order valence-electron chi connectivity index (χ1n) is 7.29. The van der Waals surface area contributed by atoms with Gasteiger partial charge in [0.1, 0.15) is 6.54 Å². The summed E-state index contributed by atoms with van der Waals surface area (Å²) in [5, 5.41) is 11.3. The largest absolute Gasteiger partial charge is 0.299 e. The average molecular weight is 421 g/mol. The van der Waals surface area contributed by atoms with Crippen LogP contribution in [0.3, 0.4) is 0 Å². The number of sulfonamides is 1. The van der Waals surface area contributed by atoms with Crippen LogP contribution in [0.5, 0.6) is 0 Å². The van der Waals surface area contributed by atoms with E-state index in [4.69, 9.17) is 11.6 Å². The molecular weight excluding hydrogens is 404 g/mol. The Morgan fingerprint density at radius 3 is 2.60 bits per heavy atom. The zero-order valence-corrected chi connectivity index (χ0v) is 16.8. The van der Waals surface area contributed by atoms with Crippen molar-refractivity contribution in [2.75, 3.05) is 28.2 Å². The Balaban J connectivity index is 2.07. The number of aromatic nitrogens is 2.